The summed E-state index contributed by atoms with van der Waals surface area (Å²) in [7, 11) is 2.92. The number of rotatable bonds is 5. The molecule has 0 aliphatic rings. The summed E-state index contributed by atoms with van der Waals surface area (Å²) in [4.78, 5) is 23.8. The monoisotopic (exact) mass is 308 g/mol. The van der Waals surface area contributed by atoms with Crippen molar-refractivity contribution in [2.45, 2.75) is 6.54 Å². The Bertz CT molecular complexity index is 727. The van der Waals surface area contributed by atoms with Gasteiger partial charge in [0.15, 0.2) is 5.78 Å². The third-order valence-electron chi connectivity index (χ3n) is 2.82. The summed E-state index contributed by atoms with van der Waals surface area (Å²) in [6, 6.07) is 7.40. The number of carbonyl (C=O) groups excluding carboxylic acids is 1. The van der Waals surface area contributed by atoms with Crippen molar-refractivity contribution in [3.63, 3.8) is 0 Å². The number of methoxy groups -OCH3 is 2. The van der Waals surface area contributed by atoms with Gasteiger partial charge in [-0.25, -0.2) is 4.68 Å². The molecule has 0 N–H and O–H groups in total. The molecule has 2 rings (SSSR count). The summed E-state index contributed by atoms with van der Waals surface area (Å²) < 4.78 is 11.0. The molecule has 1 aromatic carbocycles. The lowest BCUT2D eigenvalue weighted by Gasteiger charge is -2.07. The fourth-order valence-electron chi connectivity index (χ4n) is 1.72. The van der Waals surface area contributed by atoms with E-state index in [0.29, 0.717) is 16.3 Å². The van der Waals surface area contributed by atoms with Gasteiger partial charge in [-0.1, -0.05) is 11.6 Å². The Hall–Kier alpha value is -2.34. The van der Waals surface area contributed by atoms with Crippen LogP contribution in [0, 0.1) is 0 Å². The number of aromatic nitrogens is 2. The zero-order chi connectivity index (χ0) is 15.4. The number of nitrogens with zero attached hydrogens (tertiary/aromatic N) is 2. The Kier molecular flexibility index (Phi) is 4.59. The van der Waals surface area contributed by atoms with Crippen LogP contribution in [-0.2, 0) is 6.54 Å². The second kappa shape index (κ2) is 6.41. The molecule has 0 aliphatic heterocycles. The second-order valence-electron chi connectivity index (χ2n) is 4.14. The topological polar surface area (TPSA) is 70.4 Å². The van der Waals surface area contributed by atoms with Crippen LogP contribution in [0.3, 0.4) is 0 Å². The van der Waals surface area contributed by atoms with Crippen LogP contribution in [0.25, 0.3) is 0 Å². The maximum Gasteiger partial charge on any atom is 0.267 e. The highest BCUT2D eigenvalue weighted by molar-refractivity contribution is 6.32. The zero-order valence-corrected chi connectivity index (χ0v) is 12.3. The molecule has 0 atom stereocenters. The molecule has 21 heavy (non-hydrogen) atoms. The van der Waals surface area contributed by atoms with Crippen molar-refractivity contribution in [2.24, 2.45) is 0 Å². The number of halogens is 1. The van der Waals surface area contributed by atoms with Gasteiger partial charge in [0.1, 0.15) is 12.3 Å². The largest absolute Gasteiger partial charge is 0.495 e. The molecule has 0 saturated carbocycles. The zero-order valence-electron chi connectivity index (χ0n) is 11.5. The third kappa shape index (κ3) is 3.41. The molecule has 0 bridgehead atoms. The van der Waals surface area contributed by atoms with Crippen LogP contribution in [0.1, 0.15) is 10.4 Å². The molecule has 0 unspecified atom stereocenters. The molecular formula is C14H13ClN2O4. The molecule has 7 heteroatoms. The lowest BCUT2D eigenvalue weighted by molar-refractivity contribution is 0.0965. The number of hydrogen-bond acceptors (Lipinski definition) is 5. The van der Waals surface area contributed by atoms with E-state index in [2.05, 4.69) is 5.10 Å². The van der Waals surface area contributed by atoms with E-state index in [9.17, 15) is 9.59 Å². The molecule has 0 radical (unpaired) electrons. The Balaban J connectivity index is 2.26. The van der Waals surface area contributed by atoms with E-state index in [0.717, 1.165) is 4.68 Å². The molecular weight excluding hydrogens is 296 g/mol. The Morgan fingerprint density at radius 2 is 2.00 bits per heavy atom. The summed E-state index contributed by atoms with van der Waals surface area (Å²) in [5.74, 6) is 0.447. The highest BCUT2D eigenvalue weighted by atomic mass is 35.5. The Morgan fingerprint density at radius 1 is 1.24 bits per heavy atom. The lowest BCUT2D eigenvalue weighted by Crippen LogP contribution is -2.26. The first-order valence-corrected chi connectivity index (χ1v) is 6.42. The van der Waals surface area contributed by atoms with E-state index in [1.165, 1.54) is 32.4 Å². The number of ketones is 1. The third-order valence-corrected chi connectivity index (χ3v) is 3.11. The van der Waals surface area contributed by atoms with Gasteiger partial charge in [0.05, 0.1) is 19.2 Å². The van der Waals surface area contributed by atoms with Gasteiger partial charge in [0.2, 0.25) is 5.88 Å². The van der Waals surface area contributed by atoms with E-state index in [1.54, 1.807) is 12.1 Å². The van der Waals surface area contributed by atoms with Gasteiger partial charge >= 0.3 is 0 Å². The predicted octanol–water partition coefficient (Wildman–Crippen LogP) is 1.80. The molecule has 0 fully saturated rings. The molecule has 1 aromatic heterocycles. The number of ether oxygens (including phenoxy) is 2. The minimum atomic E-state index is -0.385. The van der Waals surface area contributed by atoms with Crippen LogP contribution in [0.15, 0.2) is 35.1 Å². The minimum Gasteiger partial charge on any atom is -0.495 e. The molecule has 0 saturated heterocycles. The highest BCUT2D eigenvalue weighted by Crippen LogP contribution is 2.25. The van der Waals surface area contributed by atoms with Crippen LogP contribution in [-0.4, -0.2) is 29.8 Å². The number of Topliss-reactive ketones (excluding diaryl/α,β-unsaturated/α-hetero) is 1. The molecule has 0 amide bonds. The Labute approximate surface area is 125 Å². The molecule has 6 nitrogen and oxygen atoms in total. The van der Waals surface area contributed by atoms with Crippen molar-refractivity contribution in [3.05, 3.63) is 51.3 Å². The van der Waals surface area contributed by atoms with Gasteiger partial charge in [-0.3, -0.25) is 9.59 Å². The van der Waals surface area contributed by atoms with E-state index < -0.39 is 0 Å². The van der Waals surface area contributed by atoms with Crippen LogP contribution >= 0.6 is 11.6 Å². The predicted molar refractivity (Wildman–Crippen MR) is 77.4 cm³/mol. The highest BCUT2D eigenvalue weighted by Gasteiger charge is 2.12. The summed E-state index contributed by atoms with van der Waals surface area (Å²) in [6.45, 7) is -0.196. The normalized spacial score (nSPS) is 10.2. The van der Waals surface area contributed by atoms with Crippen LogP contribution in [0.2, 0.25) is 5.02 Å². The van der Waals surface area contributed by atoms with Crippen molar-refractivity contribution in [1.29, 1.82) is 0 Å². The fourth-order valence-corrected chi connectivity index (χ4v) is 1.98. The van der Waals surface area contributed by atoms with E-state index >= 15 is 0 Å². The molecule has 1 heterocycles. The van der Waals surface area contributed by atoms with Crippen molar-refractivity contribution in [1.82, 2.24) is 9.78 Å². The first-order chi connectivity index (χ1) is 10.0. The second-order valence-corrected chi connectivity index (χ2v) is 4.55. The van der Waals surface area contributed by atoms with Crippen molar-refractivity contribution < 1.29 is 14.3 Å². The molecule has 2 aromatic rings. The van der Waals surface area contributed by atoms with E-state index in [4.69, 9.17) is 21.1 Å². The number of carbonyl (C=O) groups is 1. The SMILES string of the molecule is COc1ccc(=O)n(CC(=O)c2ccc(OC)c(Cl)c2)n1. The molecule has 110 valence electrons. The first-order valence-electron chi connectivity index (χ1n) is 6.04. The van der Waals surface area contributed by atoms with E-state index in [1.807, 2.05) is 0 Å². The van der Waals surface area contributed by atoms with Crippen molar-refractivity contribution >= 4 is 17.4 Å². The van der Waals surface area contributed by atoms with Gasteiger partial charge in [0.25, 0.3) is 5.56 Å². The van der Waals surface area contributed by atoms with Gasteiger partial charge in [-0.2, -0.15) is 0 Å². The lowest BCUT2D eigenvalue weighted by atomic mass is 10.1. The smallest absolute Gasteiger partial charge is 0.267 e. The number of benzene rings is 1. The quantitative estimate of drug-likeness (QED) is 0.788. The average Bonchev–Trinajstić information content (AvgIpc) is 2.49. The van der Waals surface area contributed by atoms with Gasteiger partial charge < -0.3 is 9.47 Å². The van der Waals surface area contributed by atoms with Gasteiger partial charge in [-0.05, 0) is 18.2 Å². The van der Waals surface area contributed by atoms with Gasteiger partial charge in [-0.15, -0.1) is 5.10 Å². The maximum absolute atomic E-state index is 12.2. The van der Waals surface area contributed by atoms with Crippen LogP contribution in [0.5, 0.6) is 11.6 Å². The summed E-state index contributed by atoms with van der Waals surface area (Å²) >= 11 is 5.97. The Morgan fingerprint density at radius 3 is 2.62 bits per heavy atom. The average molecular weight is 309 g/mol. The van der Waals surface area contributed by atoms with Crippen LogP contribution in [0.4, 0.5) is 0 Å². The van der Waals surface area contributed by atoms with Crippen molar-refractivity contribution in [2.75, 3.05) is 14.2 Å². The number of hydrogen-bond donors (Lipinski definition) is 0. The van der Waals surface area contributed by atoms with Crippen molar-refractivity contribution in [3.8, 4) is 11.6 Å². The summed E-state index contributed by atoms with van der Waals surface area (Å²) in [6.07, 6.45) is 0. The molecule has 0 spiro atoms. The maximum atomic E-state index is 12.2. The summed E-state index contributed by atoms with van der Waals surface area (Å²) in [5, 5.41) is 4.24. The molecule has 0 aliphatic carbocycles. The first kappa shape index (κ1) is 15.1. The minimum absolute atomic E-state index is 0.196. The standard InChI is InChI=1S/C14H13ClN2O4/c1-20-12-4-3-9(7-10(12)15)11(18)8-17-14(19)6-5-13(16-17)21-2/h3-7H,8H2,1-2H3. The van der Waals surface area contributed by atoms with Gasteiger partial charge in [0, 0.05) is 17.7 Å². The summed E-state index contributed by atoms with van der Waals surface area (Å²) in [5.41, 5.74) is -0.0129. The van der Waals surface area contributed by atoms with Crippen LogP contribution < -0.4 is 15.0 Å². The van der Waals surface area contributed by atoms with E-state index in [-0.39, 0.29) is 23.8 Å². The fraction of sp³-hybridized carbons (Fsp3) is 0.214.